The molecule has 0 bridgehead atoms. The predicted molar refractivity (Wildman–Crippen MR) is 104 cm³/mol. The Balaban J connectivity index is 1.52. The summed E-state index contributed by atoms with van der Waals surface area (Å²) in [6.45, 7) is 0.224. The van der Waals surface area contributed by atoms with Gasteiger partial charge in [-0.25, -0.2) is 18.4 Å². The number of rotatable bonds is 3. The van der Waals surface area contributed by atoms with Gasteiger partial charge in [0.1, 0.15) is 11.3 Å². The lowest BCUT2D eigenvalue weighted by molar-refractivity contribution is 0.174. The number of aromatic nitrogens is 3. The van der Waals surface area contributed by atoms with Crippen molar-refractivity contribution in [2.75, 3.05) is 13.0 Å². The maximum Gasteiger partial charge on any atom is 0.231 e. The summed E-state index contributed by atoms with van der Waals surface area (Å²) in [7, 11) is -3.22. The van der Waals surface area contributed by atoms with Crippen molar-refractivity contribution >= 4 is 21.0 Å². The maximum absolute atomic E-state index is 11.6. The van der Waals surface area contributed by atoms with Crippen LogP contribution in [0.15, 0.2) is 59.6 Å². The van der Waals surface area contributed by atoms with E-state index < -0.39 is 9.84 Å². The molecule has 140 valence electrons. The van der Waals surface area contributed by atoms with Crippen LogP contribution in [0.25, 0.3) is 33.7 Å². The second-order valence-electron chi connectivity index (χ2n) is 6.54. The molecule has 1 aliphatic heterocycles. The van der Waals surface area contributed by atoms with E-state index in [0.717, 1.165) is 28.0 Å². The van der Waals surface area contributed by atoms with Crippen molar-refractivity contribution in [3.63, 3.8) is 0 Å². The summed E-state index contributed by atoms with van der Waals surface area (Å²) < 4.78 is 34.0. The molecule has 1 N–H and O–H groups in total. The van der Waals surface area contributed by atoms with Gasteiger partial charge in [0.05, 0.1) is 4.90 Å². The molecule has 7 nitrogen and oxygen atoms in total. The van der Waals surface area contributed by atoms with E-state index in [1.807, 2.05) is 24.3 Å². The van der Waals surface area contributed by atoms with Gasteiger partial charge in [-0.05, 0) is 42.0 Å². The predicted octanol–water partition coefficient (Wildman–Crippen LogP) is 3.42. The number of sulfone groups is 1. The summed E-state index contributed by atoms with van der Waals surface area (Å²) in [5, 5.41) is 0. The monoisotopic (exact) mass is 393 g/mol. The second-order valence-corrected chi connectivity index (χ2v) is 8.56. The fraction of sp³-hybridized carbons (Fsp3) is 0.100. The van der Waals surface area contributed by atoms with Crippen molar-refractivity contribution in [1.29, 1.82) is 0 Å². The summed E-state index contributed by atoms with van der Waals surface area (Å²) in [4.78, 5) is 12.6. The SMILES string of the molecule is CS(=O)(=O)c1ccc(-c2cnc3[nH]c(-c4ccc5c(c4)OCO5)nc3c2)cc1. The number of fused-ring (bicyclic) bond motifs is 2. The van der Waals surface area contributed by atoms with E-state index >= 15 is 0 Å². The van der Waals surface area contributed by atoms with E-state index in [1.54, 1.807) is 30.5 Å². The van der Waals surface area contributed by atoms with Gasteiger partial charge in [-0.2, -0.15) is 0 Å². The average molecular weight is 393 g/mol. The van der Waals surface area contributed by atoms with Crippen molar-refractivity contribution < 1.29 is 17.9 Å². The third-order valence-electron chi connectivity index (χ3n) is 4.60. The van der Waals surface area contributed by atoms with Gasteiger partial charge in [0.25, 0.3) is 0 Å². The molecule has 0 amide bonds. The number of H-pyrrole nitrogens is 1. The summed E-state index contributed by atoms with van der Waals surface area (Å²) in [5.41, 5.74) is 3.99. The Labute approximate surface area is 160 Å². The highest BCUT2D eigenvalue weighted by Crippen LogP contribution is 2.35. The van der Waals surface area contributed by atoms with Crippen molar-refractivity contribution in [3.05, 3.63) is 54.7 Å². The molecule has 0 fully saturated rings. The highest BCUT2D eigenvalue weighted by Gasteiger charge is 2.16. The van der Waals surface area contributed by atoms with Crippen LogP contribution < -0.4 is 9.47 Å². The van der Waals surface area contributed by atoms with Crippen molar-refractivity contribution in [1.82, 2.24) is 15.0 Å². The lowest BCUT2D eigenvalue weighted by Crippen LogP contribution is -1.96. The molecule has 0 radical (unpaired) electrons. The Morgan fingerprint density at radius 2 is 1.68 bits per heavy atom. The lowest BCUT2D eigenvalue weighted by Gasteiger charge is -2.03. The summed E-state index contributed by atoms with van der Waals surface area (Å²) in [6.07, 6.45) is 2.93. The third-order valence-corrected chi connectivity index (χ3v) is 5.73. The van der Waals surface area contributed by atoms with Crippen LogP contribution in [0.5, 0.6) is 11.5 Å². The van der Waals surface area contributed by atoms with E-state index in [2.05, 4.69) is 15.0 Å². The van der Waals surface area contributed by atoms with Crippen LogP contribution in [0, 0.1) is 0 Å². The molecule has 0 saturated carbocycles. The number of ether oxygens (including phenoxy) is 2. The number of imidazole rings is 1. The minimum Gasteiger partial charge on any atom is -0.454 e. The Bertz CT molecular complexity index is 1310. The average Bonchev–Trinajstić information content (AvgIpc) is 3.32. The number of benzene rings is 2. The van der Waals surface area contributed by atoms with Crippen LogP contribution in [0.3, 0.4) is 0 Å². The maximum atomic E-state index is 11.6. The fourth-order valence-electron chi connectivity index (χ4n) is 3.13. The first-order valence-electron chi connectivity index (χ1n) is 8.54. The smallest absolute Gasteiger partial charge is 0.231 e. The van der Waals surface area contributed by atoms with Crippen LogP contribution in [-0.4, -0.2) is 36.4 Å². The molecule has 0 atom stereocenters. The molecule has 2 aromatic heterocycles. The second kappa shape index (κ2) is 6.07. The molecule has 3 heterocycles. The molecule has 0 aliphatic carbocycles. The number of hydrogen-bond acceptors (Lipinski definition) is 6. The standard InChI is InChI=1S/C20H15N3O4S/c1-28(24,25)15-5-2-12(3-6-15)14-8-16-20(21-10-14)23-19(22-16)13-4-7-17-18(9-13)27-11-26-17/h2-10H,11H2,1H3,(H,21,22,23). The Hall–Kier alpha value is -3.39. The van der Waals surface area contributed by atoms with E-state index in [9.17, 15) is 8.42 Å². The van der Waals surface area contributed by atoms with Crippen LogP contribution in [0.4, 0.5) is 0 Å². The molecule has 4 aromatic rings. The molecular formula is C20H15N3O4S. The summed E-state index contributed by atoms with van der Waals surface area (Å²) >= 11 is 0. The fourth-order valence-corrected chi connectivity index (χ4v) is 3.76. The van der Waals surface area contributed by atoms with Crippen molar-refractivity contribution in [2.24, 2.45) is 0 Å². The number of aromatic amines is 1. The van der Waals surface area contributed by atoms with E-state index in [1.165, 1.54) is 6.26 Å². The van der Waals surface area contributed by atoms with Gasteiger partial charge in [-0.3, -0.25) is 0 Å². The minimum absolute atomic E-state index is 0.224. The van der Waals surface area contributed by atoms with Crippen LogP contribution in [0.2, 0.25) is 0 Å². The molecule has 28 heavy (non-hydrogen) atoms. The molecule has 2 aromatic carbocycles. The van der Waals surface area contributed by atoms with Crippen LogP contribution >= 0.6 is 0 Å². The quantitative estimate of drug-likeness (QED) is 0.573. The van der Waals surface area contributed by atoms with Gasteiger partial charge in [-0.1, -0.05) is 12.1 Å². The van der Waals surface area contributed by atoms with Crippen LogP contribution in [-0.2, 0) is 9.84 Å². The first-order chi connectivity index (χ1) is 13.5. The Morgan fingerprint density at radius 1 is 0.929 bits per heavy atom. The summed E-state index contributed by atoms with van der Waals surface area (Å²) in [5.74, 6) is 2.10. The van der Waals surface area contributed by atoms with E-state index in [4.69, 9.17) is 9.47 Å². The highest BCUT2D eigenvalue weighted by atomic mass is 32.2. The number of pyridine rings is 1. The van der Waals surface area contributed by atoms with E-state index in [-0.39, 0.29) is 11.7 Å². The Kier molecular flexibility index (Phi) is 3.63. The molecule has 0 unspecified atom stereocenters. The van der Waals surface area contributed by atoms with Gasteiger partial charge in [-0.15, -0.1) is 0 Å². The Morgan fingerprint density at radius 3 is 2.46 bits per heavy atom. The third kappa shape index (κ3) is 2.87. The molecule has 0 spiro atoms. The zero-order valence-corrected chi connectivity index (χ0v) is 15.7. The zero-order chi connectivity index (χ0) is 19.3. The van der Waals surface area contributed by atoms with Crippen molar-refractivity contribution in [3.8, 4) is 34.0 Å². The molecule has 0 saturated heterocycles. The zero-order valence-electron chi connectivity index (χ0n) is 14.8. The van der Waals surface area contributed by atoms with Gasteiger partial charge >= 0.3 is 0 Å². The van der Waals surface area contributed by atoms with Crippen LogP contribution in [0.1, 0.15) is 0 Å². The van der Waals surface area contributed by atoms with E-state index in [0.29, 0.717) is 17.2 Å². The van der Waals surface area contributed by atoms with Gasteiger partial charge in [0.15, 0.2) is 27.0 Å². The topological polar surface area (TPSA) is 94.2 Å². The minimum atomic E-state index is -3.22. The van der Waals surface area contributed by atoms with Gasteiger partial charge in [0, 0.05) is 23.6 Å². The first kappa shape index (κ1) is 16.8. The normalized spacial score (nSPS) is 13.2. The number of nitrogens with zero attached hydrogens (tertiary/aromatic N) is 2. The summed E-state index contributed by atoms with van der Waals surface area (Å²) in [6, 6.07) is 14.3. The molecule has 1 aliphatic rings. The molecule has 5 rings (SSSR count). The molecular weight excluding hydrogens is 378 g/mol. The number of nitrogens with one attached hydrogen (secondary N) is 1. The largest absolute Gasteiger partial charge is 0.454 e. The molecule has 8 heteroatoms. The number of hydrogen-bond donors (Lipinski definition) is 1. The lowest BCUT2D eigenvalue weighted by atomic mass is 10.1. The van der Waals surface area contributed by atoms with Gasteiger partial charge in [0.2, 0.25) is 6.79 Å². The van der Waals surface area contributed by atoms with Gasteiger partial charge < -0.3 is 14.5 Å². The first-order valence-corrected chi connectivity index (χ1v) is 10.4. The highest BCUT2D eigenvalue weighted by molar-refractivity contribution is 7.90. The van der Waals surface area contributed by atoms with Crippen molar-refractivity contribution in [2.45, 2.75) is 4.90 Å².